The first-order chi connectivity index (χ1) is 10.8. The second kappa shape index (κ2) is 7.23. The summed E-state index contributed by atoms with van der Waals surface area (Å²) < 4.78 is 5.34. The number of hydrogen-bond acceptors (Lipinski definition) is 7. The Morgan fingerprint density at radius 3 is 2.39 bits per heavy atom. The summed E-state index contributed by atoms with van der Waals surface area (Å²) >= 11 is 0. The average Bonchev–Trinajstić information content (AvgIpc) is 2.56. The van der Waals surface area contributed by atoms with Crippen LogP contribution in [0.25, 0.3) is 0 Å². The topological polar surface area (TPSA) is 131 Å². The van der Waals surface area contributed by atoms with Gasteiger partial charge in [0.25, 0.3) is 0 Å². The molecule has 1 aromatic carbocycles. The monoisotopic (exact) mass is 328 g/mol. The molecule has 0 aliphatic carbocycles. The van der Waals surface area contributed by atoms with Gasteiger partial charge in [0, 0.05) is 12.2 Å². The summed E-state index contributed by atoms with van der Waals surface area (Å²) in [5.41, 5.74) is 0.869. The van der Waals surface area contributed by atoms with Gasteiger partial charge in [0.1, 0.15) is 24.4 Å². The van der Waals surface area contributed by atoms with Gasteiger partial charge in [-0.3, -0.25) is 0 Å². The Kier molecular flexibility index (Phi) is 5.74. The molecule has 0 saturated carbocycles. The molecule has 0 spiro atoms. The van der Waals surface area contributed by atoms with E-state index in [1.807, 2.05) is 6.92 Å². The van der Waals surface area contributed by atoms with Gasteiger partial charge in [-0.15, -0.1) is 0 Å². The van der Waals surface area contributed by atoms with Crippen LogP contribution in [0.15, 0.2) is 24.3 Å². The quantitative estimate of drug-likeness (QED) is 0.387. The van der Waals surface area contributed by atoms with E-state index in [0.29, 0.717) is 12.0 Å². The fourth-order valence-electron chi connectivity index (χ4n) is 2.86. The number of benzene rings is 1. The molecule has 1 aliphatic rings. The maximum absolute atomic E-state index is 10.9. The SMILES string of the molecule is CC(CO)Cc1ccccc1[C@]1(O)O[C@H](CO)[C@@H](O)[C@H](O)[C@H]1O. The van der Waals surface area contributed by atoms with Crippen LogP contribution in [0.4, 0.5) is 0 Å². The van der Waals surface area contributed by atoms with Crippen molar-refractivity contribution in [2.24, 2.45) is 5.92 Å². The fourth-order valence-corrected chi connectivity index (χ4v) is 2.86. The van der Waals surface area contributed by atoms with Gasteiger partial charge in [-0.05, 0) is 17.9 Å². The summed E-state index contributed by atoms with van der Waals surface area (Å²) in [6.07, 6.45) is -5.78. The molecule has 1 unspecified atom stereocenters. The molecule has 7 nitrogen and oxygen atoms in total. The molecular weight excluding hydrogens is 304 g/mol. The Labute approximate surface area is 134 Å². The smallest absolute Gasteiger partial charge is 0.222 e. The molecule has 0 radical (unpaired) electrons. The summed E-state index contributed by atoms with van der Waals surface area (Å²) in [5, 5.41) is 59.4. The van der Waals surface area contributed by atoms with Crippen molar-refractivity contribution in [3.05, 3.63) is 35.4 Å². The van der Waals surface area contributed by atoms with Crippen LogP contribution in [0, 0.1) is 5.92 Å². The zero-order valence-electron chi connectivity index (χ0n) is 12.9. The highest BCUT2D eigenvalue weighted by molar-refractivity contribution is 5.33. The Morgan fingerprint density at radius 2 is 1.78 bits per heavy atom. The first kappa shape index (κ1) is 18.3. The van der Waals surface area contributed by atoms with E-state index < -0.39 is 36.8 Å². The molecule has 6 atom stereocenters. The van der Waals surface area contributed by atoms with E-state index in [1.165, 1.54) is 0 Å². The summed E-state index contributed by atoms with van der Waals surface area (Å²) in [6.45, 7) is 1.16. The lowest BCUT2D eigenvalue weighted by Gasteiger charge is -2.46. The lowest BCUT2D eigenvalue weighted by Crippen LogP contribution is -2.63. The predicted octanol–water partition coefficient (Wildman–Crippen LogP) is -1.52. The maximum atomic E-state index is 10.9. The van der Waals surface area contributed by atoms with Gasteiger partial charge in [0.05, 0.1) is 6.61 Å². The van der Waals surface area contributed by atoms with Gasteiger partial charge >= 0.3 is 0 Å². The zero-order chi connectivity index (χ0) is 17.2. The van der Waals surface area contributed by atoms with Crippen LogP contribution >= 0.6 is 0 Å². The van der Waals surface area contributed by atoms with Crippen molar-refractivity contribution in [2.45, 2.75) is 43.5 Å². The third-order valence-electron chi connectivity index (χ3n) is 4.25. The van der Waals surface area contributed by atoms with E-state index in [1.54, 1.807) is 24.3 Å². The summed E-state index contributed by atoms with van der Waals surface area (Å²) in [6, 6.07) is 6.65. The van der Waals surface area contributed by atoms with Gasteiger partial charge in [0.2, 0.25) is 5.79 Å². The number of aliphatic hydroxyl groups is 6. The summed E-state index contributed by atoms with van der Waals surface area (Å²) in [4.78, 5) is 0. The minimum absolute atomic E-state index is 0.0449. The molecular formula is C16H24O7. The van der Waals surface area contributed by atoms with Gasteiger partial charge in [0.15, 0.2) is 0 Å². The number of aliphatic hydroxyl groups excluding tert-OH is 5. The minimum Gasteiger partial charge on any atom is -0.396 e. The van der Waals surface area contributed by atoms with E-state index in [-0.39, 0.29) is 18.1 Å². The van der Waals surface area contributed by atoms with E-state index in [0.717, 1.165) is 0 Å². The first-order valence-corrected chi connectivity index (χ1v) is 7.59. The molecule has 1 aromatic rings. The van der Waals surface area contributed by atoms with E-state index in [9.17, 15) is 30.6 Å². The zero-order valence-corrected chi connectivity index (χ0v) is 12.9. The van der Waals surface area contributed by atoms with E-state index in [2.05, 4.69) is 0 Å². The highest BCUT2D eigenvalue weighted by atomic mass is 16.7. The lowest BCUT2D eigenvalue weighted by atomic mass is 9.84. The van der Waals surface area contributed by atoms with Crippen molar-refractivity contribution in [3.63, 3.8) is 0 Å². The van der Waals surface area contributed by atoms with Gasteiger partial charge < -0.3 is 35.4 Å². The van der Waals surface area contributed by atoms with Crippen LogP contribution in [-0.2, 0) is 16.9 Å². The molecule has 6 N–H and O–H groups in total. The van der Waals surface area contributed by atoms with Gasteiger partial charge in [-0.1, -0.05) is 31.2 Å². The minimum atomic E-state index is -2.27. The van der Waals surface area contributed by atoms with Crippen LogP contribution in [0.5, 0.6) is 0 Å². The molecule has 0 bridgehead atoms. The lowest BCUT2D eigenvalue weighted by molar-refractivity contribution is -0.358. The van der Waals surface area contributed by atoms with E-state index in [4.69, 9.17) is 4.74 Å². The van der Waals surface area contributed by atoms with Gasteiger partial charge in [-0.2, -0.15) is 0 Å². The maximum Gasteiger partial charge on any atom is 0.222 e. The van der Waals surface area contributed by atoms with Crippen molar-refractivity contribution in [1.82, 2.24) is 0 Å². The molecule has 7 heteroatoms. The van der Waals surface area contributed by atoms with Gasteiger partial charge in [-0.25, -0.2) is 0 Å². The number of hydrogen-bond donors (Lipinski definition) is 6. The number of ether oxygens (including phenoxy) is 1. The second-order valence-electron chi connectivity index (χ2n) is 6.11. The van der Waals surface area contributed by atoms with Crippen molar-refractivity contribution < 1.29 is 35.4 Å². The highest BCUT2D eigenvalue weighted by Gasteiger charge is 2.54. The third kappa shape index (κ3) is 3.41. The van der Waals surface area contributed by atoms with Crippen LogP contribution < -0.4 is 0 Å². The molecule has 23 heavy (non-hydrogen) atoms. The highest BCUT2D eigenvalue weighted by Crippen LogP contribution is 2.38. The average molecular weight is 328 g/mol. The normalized spacial score (nSPS) is 36.0. The van der Waals surface area contributed by atoms with Crippen molar-refractivity contribution in [3.8, 4) is 0 Å². The molecule has 1 fully saturated rings. The molecule has 130 valence electrons. The molecule has 0 amide bonds. The predicted molar refractivity (Wildman–Crippen MR) is 80.3 cm³/mol. The van der Waals surface area contributed by atoms with Crippen molar-refractivity contribution in [1.29, 1.82) is 0 Å². The molecule has 2 rings (SSSR count). The Balaban J connectivity index is 2.42. The Hall–Kier alpha value is -1.06. The molecule has 0 aromatic heterocycles. The largest absolute Gasteiger partial charge is 0.396 e. The first-order valence-electron chi connectivity index (χ1n) is 7.59. The molecule has 1 saturated heterocycles. The summed E-state index contributed by atoms with van der Waals surface area (Å²) in [5.74, 6) is -2.35. The van der Waals surface area contributed by atoms with Crippen LogP contribution in [0.1, 0.15) is 18.1 Å². The fraction of sp³-hybridized carbons (Fsp3) is 0.625. The standard InChI is InChI=1S/C16H24O7/c1-9(7-17)6-10-4-2-3-5-11(10)16(22)15(21)14(20)13(19)12(8-18)23-16/h2-5,9,12-15,17-22H,6-8H2,1H3/t9?,12-,13-,14+,15-,16+/m1/s1. The second-order valence-corrected chi connectivity index (χ2v) is 6.11. The molecule has 1 aliphatic heterocycles. The third-order valence-corrected chi connectivity index (χ3v) is 4.25. The number of rotatable bonds is 5. The van der Waals surface area contributed by atoms with E-state index >= 15 is 0 Å². The Bertz CT molecular complexity index is 521. The summed E-state index contributed by atoms with van der Waals surface area (Å²) in [7, 11) is 0. The molecule has 1 heterocycles. The van der Waals surface area contributed by atoms with Crippen molar-refractivity contribution >= 4 is 0 Å². The van der Waals surface area contributed by atoms with Crippen LogP contribution in [-0.4, -0.2) is 68.3 Å². The van der Waals surface area contributed by atoms with Crippen molar-refractivity contribution in [2.75, 3.05) is 13.2 Å². The Morgan fingerprint density at radius 1 is 1.13 bits per heavy atom. The van der Waals surface area contributed by atoms with Crippen LogP contribution in [0.3, 0.4) is 0 Å². The van der Waals surface area contributed by atoms with Crippen LogP contribution in [0.2, 0.25) is 0 Å².